The first-order valence-electron chi connectivity index (χ1n) is 7.98. The zero-order chi connectivity index (χ0) is 16.0. The van der Waals surface area contributed by atoms with Gasteiger partial charge in [0.1, 0.15) is 12.4 Å². The Kier molecular flexibility index (Phi) is 8.86. The van der Waals surface area contributed by atoms with Crippen LogP contribution >= 0.6 is 28.3 Å². The van der Waals surface area contributed by atoms with E-state index in [4.69, 9.17) is 15.2 Å². The molecule has 132 valence electrons. The third-order valence-electron chi connectivity index (χ3n) is 4.24. The van der Waals surface area contributed by atoms with Crippen LogP contribution in [0.4, 0.5) is 0 Å². The van der Waals surface area contributed by atoms with Crippen LogP contribution in [0.5, 0.6) is 5.75 Å². The molecule has 1 aliphatic rings. The zero-order valence-corrected chi connectivity index (χ0v) is 16.4. The molecule has 1 saturated heterocycles. The maximum atomic E-state index is 5.90. The van der Waals surface area contributed by atoms with Crippen molar-refractivity contribution in [3.05, 3.63) is 28.2 Å². The van der Waals surface area contributed by atoms with Crippen molar-refractivity contribution in [1.29, 1.82) is 0 Å². The fraction of sp³-hybridized carbons (Fsp3) is 0.647. The van der Waals surface area contributed by atoms with Crippen LogP contribution in [0, 0.1) is 5.41 Å². The van der Waals surface area contributed by atoms with E-state index >= 15 is 0 Å². The molecular weight excluding hydrogens is 380 g/mol. The molecule has 1 aromatic rings. The number of nitrogens with zero attached hydrogens (tertiary/aromatic N) is 1. The Morgan fingerprint density at radius 3 is 2.78 bits per heavy atom. The van der Waals surface area contributed by atoms with Crippen LogP contribution in [0.2, 0.25) is 0 Å². The van der Waals surface area contributed by atoms with Crippen LogP contribution in [0.15, 0.2) is 22.7 Å². The minimum absolute atomic E-state index is 0. The molecule has 2 N–H and O–H groups in total. The number of rotatable bonds is 8. The van der Waals surface area contributed by atoms with Gasteiger partial charge in [-0.25, -0.2) is 0 Å². The molecule has 6 heteroatoms. The van der Waals surface area contributed by atoms with Crippen molar-refractivity contribution in [2.24, 2.45) is 11.1 Å². The highest BCUT2D eigenvalue weighted by Crippen LogP contribution is 2.32. The Balaban J connectivity index is 0.00000264. The van der Waals surface area contributed by atoms with Crippen molar-refractivity contribution in [3.8, 4) is 5.75 Å². The summed E-state index contributed by atoms with van der Waals surface area (Å²) in [6.45, 7) is 10.00. The molecule has 0 bridgehead atoms. The minimum atomic E-state index is 0. The number of likely N-dealkylation sites (tertiary alicyclic amines) is 1. The molecule has 0 amide bonds. The second-order valence-corrected chi connectivity index (χ2v) is 7.19. The summed E-state index contributed by atoms with van der Waals surface area (Å²) in [7, 11) is 0. The van der Waals surface area contributed by atoms with Gasteiger partial charge < -0.3 is 15.2 Å². The highest BCUT2D eigenvalue weighted by molar-refractivity contribution is 9.10. The third kappa shape index (κ3) is 6.24. The van der Waals surface area contributed by atoms with Crippen molar-refractivity contribution in [1.82, 2.24) is 4.90 Å². The molecular formula is C17H28BrClN2O2. The van der Waals surface area contributed by atoms with Crippen molar-refractivity contribution in [2.75, 3.05) is 39.5 Å². The van der Waals surface area contributed by atoms with Crippen molar-refractivity contribution >= 4 is 28.3 Å². The van der Waals surface area contributed by atoms with Gasteiger partial charge in [0.05, 0.1) is 6.61 Å². The molecule has 0 radical (unpaired) electrons. The molecule has 0 saturated carbocycles. The molecule has 23 heavy (non-hydrogen) atoms. The zero-order valence-electron chi connectivity index (χ0n) is 14.0. The summed E-state index contributed by atoms with van der Waals surface area (Å²) in [5.74, 6) is 0.948. The second kappa shape index (κ2) is 9.84. The average Bonchev–Trinajstić information content (AvgIpc) is 2.87. The van der Waals surface area contributed by atoms with Gasteiger partial charge in [0.15, 0.2) is 0 Å². The maximum absolute atomic E-state index is 5.90. The quantitative estimate of drug-likeness (QED) is 0.670. The summed E-state index contributed by atoms with van der Waals surface area (Å²) in [5, 5.41) is 0. The normalized spacial score (nSPS) is 21.2. The highest BCUT2D eigenvalue weighted by atomic mass is 79.9. The number of nitrogens with two attached hydrogens (primary N) is 1. The lowest BCUT2D eigenvalue weighted by Crippen LogP contribution is -2.31. The smallest absolute Gasteiger partial charge is 0.123 e. The van der Waals surface area contributed by atoms with Crippen LogP contribution < -0.4 is 10.5 Å². The van der Waals surface area contributed by atoms with Crippen LogP contribution in [0.25, 0.3) is 0 Å². The molecule has 1 heterocycles. The molecule has 1 aliphatic heterocycles. The van der Waals surface area contributed by atoms with Gasteiger partial charge in [0, 0.05) is 29.7 Å². The number of ether oxygens (including phenoxy) is 2. The van der Waals surface area contributed by atoms with Gasteiger partial charge in [-0.1, -0.05) is 22.9 Å². The molecule has 2 rings (SSSR count). The number of hydrogen-bond acceptors (Lipinski definition) is 4. The molecule has 1 fully saturated rings. The first-order chi connectivity index (χ1) is 10.6. The van der Waals surface area contributed by atoms with Gasteiger partial charge in [0.25, 0.3) is 0 Å². The van der Waals surface area contributed by atoms with E-state index < -0.39 is 0 Å². The van der Waals surface area contributed by atoms with E-state index in [1.54, 1.807) is 0 Å². The third-order valence-corrected chi connectivity index (χ3v) is 4.73. The Morgan fingerprint density at radius 2 is 2.13 bits per heavy atom. The van der Waals surface area contributed by atoms with Crippen molar-refractivity contribution in [3.63, 3.8) is 0 Å². The Bertz CT molecular complexity index is 490. The Hall–Kier alpha value is -0.330. The molecule has 4 nitrogen and oxygen atoms in total. The fourth-order valence-corrected chi connectivity index (χ4v) is 3.24. The summed E-state index contributed by atoms with van der Waals surface area (Å²) in [6.07, 6.45) is 1.16. The summed E-state index contributed by atoms with van der Waals surface area (Å²) >= 11 is 3.56. The SMILES string of the molecule is CCOCCOc1ccc(Br)cc1CN1CCC(C)(CN)C1.Cl. The highest BCUT2D eigenvalue weighted by Gasteiger charge is 2.32. The van der Waals surface area contributed by atoms with Gasteiger partial charge in [-0.3, -0.25) is 4.90 Å². The van der Waals surface area contributed by atoms with Gasteiger partial charge in [-0.2, -0.15) is 0 Å². The minimum Gasteiger partial charge on any atom is -0.491 e. The number of hydrogen-bond donors (Lipinski definition) is 1. The molecule has 0 aromatic heterocycles. The van der Waals surface area contributed by atoms with Gasteiger partial charge >= 0.3 is 0 Å². The van der Waals surface area contributed by atoms with E-state index in [9.17, 15) is 0 Å². The lowest BCUT2D eigenvalue weighted by atomic mass is 9.90. The lowest BCUT2D eigenvalue weighted by molar-refractivity contribution is 0.109. The Morgan fingerprint density at radius 1 is 1.35 bits per heavy atom. The maximum Gasteiger partial charge on any atom is 0.123 e. The van der Waals surface area contributed by atoms with Gasteiger partial charge in [-0.05, 0) is 50.0 Å². The first kappa shape index (κ1) is 20.7. The van der Waals surface area contributed by atoms with E-state index in [-0.39, 0.29) is 17.8 Å². The lowest BCUT2D eigenvalue weighted by Gasteiger charge is -2.23. The van der Waals surface area contributed by atoms with Crippen LogP contribution in [0.3, 0.4) is 0 Å². The van der Waals surface area contributed by atoms with Gasteiger partial charge in [-0.15, -0.1) is 12.4 Å². The van der Waals surface area contributed by atoms with E-state index in [2.05, 4.69) is 33.8 Å². The molecule has 0 aliphatic carbocycles. The fourth-order valence-electron chi connectivity index (χ4n) is 2.84. The second-order valence-electron chi connectivity index (χ2n) is 6.27. The van der Waals surface area contributed by atoms with Crippen molar-refractivity contribution in [2.45, 2.75) is 26.8 Å². The van der Waals surface area contributed by atoms with E-state index in [1.165, 1.54) is 5.56 Å². The van der Waals surface area contributed by atoms with Crippen molar-refractivity contribution < 1.29 is 9.47 Å². The average molecular weight is 408 g/mol. The van der Waals surface area contributed by atoms with E-state index in [0.717, 1.165) is 49.4 Å². The van der Waals surface area contributed by atoms with Gasteiger partial charge in [0.2, 0.25) is 0 Å². The number of benzene rings is 1. The van der Waals surface area contributed by atoms with E-state index in [0.29, 0.717) is 13.2 Å². The van der Waals surface area contributed by atoms with E-state index in [1.807, 2.05) is 19.1 Å². The monoisotopic (exact) mass is 406 g/mol. The molecule has 1 unspecified atom stereocenters. The molecule has 1 atom stereocenters. The molecule has 0 spiro atoms. The summed E-state index contributed by atoms with van der Waals surface area (Å²) in [6, 6.07) is 6.20. The topological polar surface area (TPSA) is 47.7 Å². The predicted molar refractivity (Wildman–Crippen MR) is 100 cm³/mol. The predicted octanol–water partition coefficient (Wildman–Crippen LogP) is 3.46. The standard InChI is InChI=1S/C17H27BrN2O2.ClH/c1-3-21-8-9-22-16-5-4-15(18)10-14(16)11-20-7-6-17(2,12-19)13-20;/h4-5,10H,3,6-9,11-13,19H2,1-2H3;1H. The summed E-state index contributed by atoms with van der Waals surface area (Å²) in [4.78, 5) is 2.46. The first-order valence-corrected chi connectivity index (χ1v) is 8.77. The largest absolute Gasteiger partial charge is 0.491 e. The summed E-state index contributed by atoms with van der Waals surface area (Å²) < 4.78 is 12.3. The summed E-state index contributed by atoms with van der Waals surface area (Å²) in [5.41, 5.74) is 7.37. The molecule has 1 aromatic carbocycles. The van der Waals surface area contributed by atoms with Crippen LogP contribution in [-0.2, 0) is 11.3 Å². The Labute approximate surface area is 154 Å². The van der Waals surface area contributed by atoms with Crippen LogP contribution in [0.1, 0.15) is 25.8 Å². The van der Waals surface area contributed by atoms with Crippen LogP contribution in [-0.4, -0.2) is 44.4 Å². The number of halogens is 2.